The van der Waals surface area contributed by atoms with Gasteiger partial charge in [-0.3, -0.25) is 4.90 Å². The van der Waals surface area contributed by atoms with Crippen molar-refractivity contribution in [3.8, 4) is 0 Å². The quantitative estimate of drug-likeness (QED) is 0.825. The zero-order chi connectivity index (χ0) is 11.5. The Morgan fingerprint density at radius 1 is 1.56 bits per heavy atom. The lowest BCUT2D eigenvalue weighted by Crippen LogP contribution is -2.37. The lowest BCUT2D eigenvalue weighted by molar-refractivity contribution is 0.306. The topological polar surface area (TPSA) is 33.1 Å². The van der Waals surface area contributed by atoms with Gasteiger partial charge in [0.2, 0.25) is 0 Å². The van der Waals surface area contributed by atoms with E-state index in [1.165, 1.54) is 13.0 Å². The predicted molar refractivity (Wildman–Crippen MR) is 65.2 cm³/mol. The normalized spacial score (nSPS) is 22.1. The highest BCUT2D eigenvalue weighted by molar-refractivity contribution is 4.93. The highest BCUT2D eigenvalue weighted by atomic mass is 15.2. The summed E-state index contributed by atoms with van der Waals surface area (Å²) in [6.07, 6.45) is 5.13. The number of nitrogens with zero attached hydrogens (tertiary/aromatic N) is 3. The van der Waals surface area contributed by atoms with Gasteiger partial charge >= 0.3 is 0 Å². The van der Waals surface area contributed by atoms with Crippen LogP contribution in [0.1, 0.15) is 26.1 Å². The molecule has 0 aliphatic carbocycles. The molecule has 1 unspecified atom stereocenters. The summed E-state index contributed by atoms with van der Waals surface area (Å²) in [6, 6.07) is 1.23. The molecule has 4 heteroatoms. The third-order valence-electron chi connectivity index (χ3n) is 3.13. The molecule has 1 fully saturated rings. The molecule has 0 spiro atoms. The van der Waals surface area contributed by atoms with E-state index in [0.717, 1.165) is 18.9 Å². The van der Waals surface area contributed by atoms with Crippen LogP contribution in [0.15, 0.2) is 12.4 Å². The van der Waals surface area contributed by atoms with Gasteiger partial charge in [0.25, 0.3) is 0 Å². The summed E-state index contributed by atoms with van der Waals surface area (Å²) in [7, 11) is 2.06. The number of hydrogen-bond donors (Lipinski definition) is 1. The molecule has 90 valence electrons. The molecule has 4 nitrogen and oxygen atoms in total. The average Bonchev–Trinajstić information content (AvgIpc) is 2.77. The van der Waals surface area contributed by atoms with Gasteiger partial charge in [0, 0.05) is 44.6 Å². The summed E-state index contributed by atoms with van der Waals surface area (Å²) in [5.41, 5.74) is 0. The molecule has 0 bridgehead atoms. The smallest absolute Gasteiger partial charge is 0.122 e. The summed E-state index contributed by atoms with van der Waals surface area (Å²) >= 11 is 0. The monoisotopic (exact) mass is 222 g/mol. The lowest BCUT2D eigenvalue weighted by Gasteiger charge is -2.18. The number of likely N-dealkylation sites (tertiary alicyclic amines) is 1. The van der Waals surface area contributed by atoms with Crippen molar-refractivity contribution in [2.45, 2.75) is 38.9 Å². The molecule has 0 amide bonds. The molecule has 1 atom stereocenters. The Hall–Kier alpha value is -0.870. The second kappa shape index (κ2) is 4.97. The van der Waals surface area contributed by atoms with Gasteiger partial charge in [0.15, 0.2) is 0 Å². The van der Waals surface area contributed by atoms with E-state index >= 15 is 0 Å². The average molecular weight is 222 g/mol. The highest BCUT2D eigenvalue weighted by Gasteiger charge is 2.23. The number of imidazole rings is 1. The third-order valence-corrected chi connectivity index (χ3v) is 3.13. The second-order valence-electron chi connectivity index (χ2n) is 5.00. The fourth-order valence-electron chi connectivity index (χ4n) is 2.33. The number of aryl methyl sites for hydroxylation is 1. The molecular formula is C12H22N4. The Bertz CT molecular complexity index is 332. The van der Waals surface area contributed by atoms with Crippen molar-refractivity contribution in [3.05, 3.63) is 18.2 Å². The van der Waals surface area contributed by atoms with Gasteiger partial charge in [-0.2, -0.15) is 0 Å². The van der Waals surface area contributed by atoms with Crippen LogP contribution < -0.4 is 5.32 Å². The molecule has 16 heavy (non-hydrogen) atoms. The Labute approximate surface area is 97.7 Å². The summed E-state index contributed by atoms with van der Waals surface area (Å²) in [4.78, 5) is 6.84. The van der Waals surface area contributed by atoms with Gasteiger partial charge in [-0.05, 0) is 6.42 Å². The van der Waals surface area contributed by atoms with Crippen LogP contribution >= 0.6 is 0 Å². The maximum atomic E-state index is 4.37. The first-order valence-electron chi connectivity index (χ1n) is 6.09. The Balaban J connectivity index is 1.83. The Morgan fingerprint density at radius 3 is 3.00 bits per heavy atom. The molecule has 1 N–H and O–H groups in total. The fourth-order valence-corrected chi connectivity index (χ4v) is 2.33. The minimum Gasteiger partial charge on any atom is -0.337 e. The number of rotatable bonds is 4. The molecule has 1 aliphatic heterocycles. The van der Waals surface area contributed by atoms with Crippen LogP contribution in [0, 0.1) is 0 Å². The van der Waals surface area contributed by atoms with E-state index in [0.29, 0.717) is 12.1 Å². The molecule has 1 aliphatic rings. The van der Waals surface area contributed by atoms with E-state index in [1.54, 1.807) is 0 Å². The van der Waals surface area contributed by atoms with Crippen LogP contribution in [0.2, 0.25) is 0 Å². The summed E-state index contributed by atoms with van der Waals surface area (Å²) < 4.78 is 2.10. The Kier molecular flexibility index (Phi) is 3.61. The van der Waals surface area contributed by atoms with Crippen molar-refractivity contribution < 1.29 is 0 Å². The number of nitrogens with one attached hydrogen (secondary N) is 1. The standard InChI is InChI=1S/C12H22N4/c1-10(2)14-11-4-6-16(8-11)9-12-13-5-7-15(12)3/h5,7,10-11,14H,4,6,8-9H2,1-3H3. The first kappa shape index (κ1) is 11.6. The van der Waals surface area contributed by atoms with Crippen molar-refractivity contribution in [1.29, 1.82) is 0 Å². The van der Waals surface area contributed by atoms with Crippen molar-refractivity contribution in [1.82, 2.24) is 19.8 Å². The third kappa shape index (κ3) is 2.83. The minimum absolute atomic E-state index is 0.582. The summed E-state index contributed by atoms with van der Waals surface area (Å²) in [5.74, 6) is 1.16. The lowest BCUT2D eigenvalue weighted by atomic mass is 10.2. The molecule has 1 aromatic rings. The molecule has 0 saturated carbocycles. The largest absolute Gasteiger partial charge is 0.337 e. The van der Waals surface area contributed by atoms with E-state index in [9.17, 15) is 0 Å². The van der Waals surface area contributed by atoms with Crippen LogP contribution in [0.3, 0.4) is 0 Å². The molecule has 1 saturated heterocycles. The van der Waals surface area contributed by atoms with E-state index in [1.807, 2.05) is 12.4 Å². The van der Waals surface area contributed by atoms with Crippen LogP contribution in [-0.2, 0) is 13.6 Å². The van der Waals surface area contributed by atoms with Crippen molar-refractivity contribution in [3.63, 3.8) is 0 Å². The van der Waals surface area contributed by atoms with Crippen molar-refractivity contribution >= 4 is 0 Å². The minimum atomic E-state index is 0.582. The zero-order valence-electron chi connectivity index (χ0n) is 10.5. The molecular weight excluding hydrogens is 200 g/mol. The SMILES string of the molecule is CC(C)NC1CCN(Cc2nccn2C)C1. The van der Waals surface area contributed by atoms with Gasteiger partial charge in [-0.25, -0.2) is 4.98 Å². The first-order valence-corrected chi connectivity index (χ1v) is 6.09. The highest BCUT2D eigenvalue weighted by Crippen LogP contribution is 2.12. The first-order chi connectivity index (χ1) is 7.65. The molecule has 2 rings (SSSR count). The van der Waals surface area contributed by atoms with Crippen molar-refractivity contribution in [2.24, 2.45) is 7.05 Å². The van der Waals surface area contributed by atoms with Crippen LogP contribution in [-0.4, -0.2) is 39.6 Å². The van der Waals surface area contributed by atoms with Gasteiger partial charge in [-0.1, -0.05) is 13.8 Å². The second-order valence-corrected chi connectivity index (χ2v) is 5.00. The van der Waals surface area contributed by atoms with E-state index in [4.69, 9.17) is 0 Å². The number of hydrogen-bond acceptors (Lipinski definition) is 3. The van der Waals surface area contributed by atoms with Crippen LogP contribution in [0.5, 0.6) is 0 Å². The molecule has 2 heterocycles. The maximum absolute atomic E-state index is 4.37. The maximum Gasteiger partial charge on any atom is 0.122 e. The van der Waals surface area contributed by atoms with E-state index in [-0.39, 0.29) is 0 Å². The fraction of sp³-hybridized carbons (Fsp3) is 0.750. The number of aromatic nitrogens is 2. The van der Waals surface area contributed by atoms with Crippen molar-refractivity contribution in [2.75, 3.05) is 13.1 Å². The van der Waals surface area contributed by atoms with Gasteiger partial charge < -0.3 is 9.88 Å². The summed E-state index contributed by atoms with van der Waals surface area (Å²) in [6.45, 7) is 7.71. The van der Waals surface area contributed by atoms with Gasteiger partial charge in [-0.15, -0.1) is 0 Å². The van der Waals surface area contributed by atoms with Crippen LogP contribution in [0.25, 0.3) is 0 Å². The zero-order valence-corrected chi connectivity index (χ0v) is 10.5. The van der Waals surface area contributed by atoms with E-state index in [2.05, 4.69) is 40.7 Å². The Morgan fingerprint density at radius 2 is 2.38 bits per heavy atom. The van der Waals surface area contributed by atoms with Gasteiger partial charge in [0.1, 0.15) is 5.82 Å². The predicted octanol–water partition coefficient (Wildman–Crippen LogP) is 0.992. The molecule has 0 radical (unpaired) electrons. The van der Waals surface area contributed by atoms with E-state index < -0.39 is 0 Å². The van der Waals surface area contributed by atoms with Crippen LogP contribution in [0.4, 0.5) is 0 Å². The molecule has 0 aromatic carbocycles. The summed E-state index contributed by atoms with van der Waals surface area (Å²) in [5, 5.41) is 3.60. The molecule has 1 aromatic heterocycles. The van der Waals surface area contributed by atoms with Gasteiger partial charge in [0.05, 0.1) is 6.54 Å².